The van der Waals surface area contributed by atoms with E-state index in [-0.39, 0.29) is 17.7 Å². The Bertz CT molecular complexity index is 1130. The van der Waals surface area contributed by atoms with E-state index in [4.69, 9.17) is 16.3 Å². The fraction of sp³-hybridized carbons (Fsp3) is 0.250. The summed E-state index contributed by atoms with van der Waals surface area (Å²) in [5.41, 5.74) is 2.59. The molecule has 2 aromatic heterocycles. The first-order chi connectivity index (χ1) is 13.4. The standard InChI is InChI=1S/C20H19ClN4O3/c1-11-7-15(25-5-6-28-20(25)27)10-18(22-11)23-12(2)16-9-13-8-14(21)3-4-17(13)24-19(16)26/h3-4,7-10,12H,5-6H2,1-2H3,(H,22,23)(H,24,26). The topological polar surface area (TPSA) is 87.3 Å². The number of halogens is 1. The summed E-state index contributed by atoms with van der Waals surface area (Å²) in [6, 6.07) is 10.5. The van der Waals surface area contributed by atoms with Crippen LogP contribution in [0, 0.1) is 6.92 Å². The molecule has 28 heavy (non-hydrogen) atoms. The largest absolute Gasteiger partial charge is 0.447 e. The highest BCUT2D eigenvalue weighted by atomic mass is 35.5. The van der Waals surface area contributed by atoms with Gasteiger partial charge in [0, 0.05) is 33.2 Å². The maximum atomic E-state index is 12.5. The lowest BCUT2D eigenvalue weighted by molar-refractivity contribution is 0.181. The van der Waals surface area contributed by atoms with Crippen LogP contribution in [-0.2, 0) is 4.74 Å². The summed E-state index contributed by atoms with van der Waals surface area (Å²) in [5, 5.41) is 4.72. The zero-order valence-corrected chi connectivity index (χ0v) is 16.2. The number of ether oxygens (including phenoxy) is 1. The number of aryl methyl sites for hydroxylation is 1. The van der Waals surface area contributed by atoms with Crippen LogP contribution in [0.15, 0.2) is 41.2 Å². The molecule has 1 aliphatic rings. The van der Waals surface area contributed by atoms with Gasteiger partial charge < -0.3 is 15.0 Å². The summed E-state index contributed by atoms with van der Waals surface area (Å²) >= 11 is 6.07. The number of aromatic amines is 1. The minimum Gasteiger partial charge on any atom is -0.447 e. The Morgan fingerprint density at radius 2 is 2.07 bits per heavy atom. The summed E-state index contributed by atoms with van der Waals surface area (Å²) in [6.07, 6.45) is -0.368. The van der Waals surface area contributed by atoms with Crippen LogP contribution in [0.1, 0.15) is 24.2 Å². The molecule has 1 unspecified atom stereocenters. The average molecular weight is 399 g/mol. The summed E-state index contributed by atoms with van der Waals surface area (Å²) in [6.45, 7) is 4.61. The van der Waals surface area contributed by atoms with E-state index in [1.165, 1.54) is 0 Å². The van der Waals surface area contributed by atoms with E-state index in [2.05, 4.69) is 15.3 Å². The van der Waals surface area contributed by atoms with E-state index in [0.29, 0.717) is 35.2 Å². The summed E-state index contributed by atoms with van der Waals surface area (Å²) in [7, 11) is 0. The normalized spacial score (nSPS) is 15.0. The van der Waals surface area contributed by atoms with Gasteiger partial charge >= 0.3 is 6.09 Å². The number of nitrogens with one attached hydrogen (secondary N) is 2. The minimum atomic E-state index is -0.368. The zero-order valence-electron chi connectivity index (χ0n) is 15.5. The molecule has 1 amide bonds. The second-order valence-corrected chi connectivity index (χ2v) is 7.21. The lowest BCUT2D eigenvalue weighted by Crippen LogP contribution is -2.24. The molecule has 3 aromatic rings. The number of rotatable bonds is 4. The summed E-state index contributed by atoms with van der Waals surface area (Å²) < 4.78 is 5.01. The van der Waals surface area contributed by atoms with E-state index in [1.807, 2.05) is 32.0 Å². The molecule has 1 aliphatic heterocycles. The molecular formula is C20H19ClN4O3. The number of anilines is 2. The lowest BCUT2D eigenvalue weighted by atomic mass is 10.1. The van der Waals surface area contributed by atoms with E-state index in [9.17, 15) is 9.59 Å². The van der Waals surface area contributed by atoms with Crippen LogP contribution in [-0.4, -0.2) is 29.2 Å². The Hall–Kier alpha value is -3.06. The van der Waals surface area contributed by atoms with Crippen molar-refractivity contribution in [3.63, 3.8) is 0 Å². The van der Waals surface area contributed by atoms with Gasteiger partial charge in [0.15, 0.2) is 0 Å². The zero-order chi connectivity index (χ0) is 19.8. The van der Waals surface area contributed by atoms with E-state index < -0.39 is 0 Å². The number of carbonyl (C=O) groups excluding carboxylic acids is 1. The number of cyclic esters (lactones) is 1. The molecule has 0 radical (unpaired) electrons. The van der Waals surface area contributed by atoms with Gasteiger partial charge in [0.2, 0.25) is 0 Å². The number of hydrogen-bond donors (Lipinski definition) is 2. The third-order valence-corrected chi connectivity index (χ3v) is 4.91. The van der Waals surface area contributed by atoms with Crippen LogP contribution < -0.4 is 15.8 Å². The Morgan fingerprint density at radius 3 is 2.82 bits per heavy atom. The number of benzene rings is 1. The Balaban J connectivity index is 1.65. The quantitative estimate of drug-likeness (QED) is 0.693. The van der Waals surface area contributed by atoms with Gasteiger partial charge in [-0.05, 0) is 44.2 Å². The van der Waals surface area contributed by atoms with Crippen molar-refractivity contribution >= 4 is 40.1 Å². The molecule has 144 valence electrons. The number of H-pyrrole nitrogens is 1. The van der Waals surface area contributed by atoms with Gasteiger partial charge in [0.25, 0.3) is 5.56 Å². The molecule has 4 rings (SSSR count). The lowest BCUT2D eigenvalue weighted by Gasteiger charge is -2.18. The first-order valence-electron chi connectivity index (χ1n) is 8.93. The van der Waals surface area contributed by atoms with Crippen molar-refractivity contribution in [2.24, 2.45) is 0 Å². The Kier molecular flexibility index (Phi) is 4.68. The number of fused-ring (bicyclic) bond motifs is 1. The first-order valence-corrected chi connectivity index (χ1v) is 9.30. The van der Waals surface area contributed by atoms with Gasteiger partial charge in [-0.1, -0.05) is 11.6 Å². The maximum absolute atomic E-state index is 12.5. The molecule has 1 aromatic carbocycles. The fourth-order valence-electron chi connectivity index (χ4n) is 3.32. The van der Waals surface area contributed by atoms with E-state index in [1.54, 1.807) is 23.1 Å². The van der Waals surface area contributed by atoms with Crippen LogP contribution in [0.4, 0.5) is 16.3 Å². The Labute approximate surface area is 166 Å². The van der Waals surface area contributed by atoms with Crippen molar-refractivity contribution in [3.05, 3.63) is 63.0 Å². The summed E-state index contributed by atoms with van der Waals surface area (Å²) in [4.78, 5) is 33.3. The molecule has 2 N–H and O–H groups in total. The highest BCUT2D eigenvalue weighted by Crippen LogP contribution is 2.25. The number of hydrogen-bond acceptors (Lipinski definition) is 5. The highest BCUT2D eigenvalue weighted by molar-refractivity contribution is 6.31. The molecule has 1 fully saturated rings. The molecule has 1 saturated heterocycles. The second-order valence-electron chi connectivity index (χ2n) is 6.77. The SMILES string of the molecule is Cc1cc(N2CCOC2=O)cc(NC(C)c2cc3cc(Cl)ccc3[nH]c2=O)n1. The molecule has 0 aliphatic carbocycles. The molecule has 0 spiro atoms. The molecule has 0 bridgehead atoms. The van der Waals surface area contributed by atoms with Gasteiger partial charge in [0.05, 0.1) is 18.3 Å². The third-order valence-electron chi connectivity index (χ3n) is 4.68. The van der Waals surface area contributed by atoms with Crippen molar-refractivity contribution < 1.29 is 9.53 Å². The Morgan fingerprint density at radius 1 is 1.25 bits per heavy atom. The summed E-state index contributed by atoms with van der Waals surface area (Å²) in [5.74, 6) is 0.577. The molecule has 7 nitrogen and oxygen atoms in total. The van der Waals surface area contributed by atoms with Crippen LogP contribution in [0.3, 0.4) is 0 Å². The van der Waals surface area contributed by atoms with Crippen molar-refractivity contribution in [2.75, 3.05) is 23.4 Å². The van der Waals surface area contributed by atoms with Crippen molar-refractivity contribution in [3.8, 4) is 0 Å². The second kappa shape index (κ2) is 7.16. The number of amides is 1. The molecule has 1 atom stereocenters. The number of aromatic nitrogens is 2. The van der Waals surface area contributed by atoms with Gasteiger partial charge in [-0.2, -0.15) is 0 Å². The van der Waals surface area contributed by atoms with Crippen molar-refractivity contribution in [2.45, 2.75) is 19.9 Å². The maximum Gasteiger partial charge on any atom is 0.414 e. The predicted molar refractivity (Wildman–Crippen MR) is 109 cm³/mol. The highest BCUT2D eigenvalue weighted by Gasteiger charge is 2.24. The molecular weight excluding hydrogens is 380 g/mol. The first kappa shape index (κ1) is 18.3. The fourth-order valence-corrected chi connectivity index (χ4v) is 3.50. The van der Waals surface area contributed by atoms with Crippen LogP contribution in [0.5, 0.6) is 0 Å². The van der Waals surface area contributed by atoms with Crippen molar-refractivity contribution in [1.82, 2.24) is 9.97 Å². The third kappa shape index (κ3) is 3.53. The predicted octanol–water partition coefficient (Wildman–Crippen LogP) is 4.01. The van der Waals surface area contributed by atoms with E-state index in [0.717, 1.165) is 16.6 Å². The van der Waals surface area contributed by atoms with Gasteiger partial charge in [-0.15, -0.1) is 0 Å². The van der Waals surface area contributed by atoms with Crippen LogP contribution in [0.2, 0.25) is 5.02 Å². The van der Waals surface area contributed by atoms with Gasteiger partial charge in [-0.3, -0.25) is 9.69 Å². The average Bonchev–Trinajstić information content (AvgIpc) is 3.07. The number of carbonyl (C=O) groups is 1. The van der Waals surface area contributed by atoms with Gasteiger partial charge in [-0.25, -0.2) is 9.78 Å². The minimum absolute atomic E-state index is 0.175. The van der Waals surface area contributed by atoms with Crippen LogP contribution in [0.25, 0.3) is 10.9 Å². The van der Waals surface area contributed by atoms with E-state index >= 15 is 0 Å². The smallest absolute Gasteiger partial charge is 0.414 e. The molecule has 8 heteroatoms. The number of pyridine rings is 2. The van der Waals surface area contributed by atoms with Crippen LogP contribution >= 0.6 is 11.6 Å². The van der Waals surface area contributed by atoms with Gasteiger partial charge in [0.1, 0.15) is 12.4 Å². The van der Waals surface area contributed by atoms with Crippen molar-refractivity contribution in [1.29, 1.82) is 0 Å². The molecule has 0 saturated carbocycles. The monoisotopic (exact) mass is 398 g/mol. The number of nitrogens with zero attached hydrogens (tertiary/aromatic N) is 2. The molecule has 3 heterocycles.